The number of benzene rings is 2. The number of hydrogen-bond donors (Lipinski definition) is 0. The molecule has 0 saturated heterocycles. The van der Waals surface area contributed by atoms with Crippen molar-refractivity contribution < 1.29 is 4.79 Å². The van der Waals surface area contributed by atoms with E-state index in [0.29, 0.717) is 11.7 Å². The summed E-state index contributed by atoms with van der Waals surface area (Å²) in [5.41, 5.74) is 7.00. The van der Waals surface area contributed by atoms with Crippen molar-refractivity contribution in [3.63, 3.8) is 0 Å². The van der Waals surface area contributed by atoms with Gasteiger partial charge in [-0.25, -0.2) is 4.98 Å². The van der Waals surface area contributed by atoms with Crippen LogP contribution >= 0.6 is 0 Å². The number of carbonyl (C=O) groups is 1. The third-order valence-electron chi connectivity index (χ3n) is 7.03. The molecule has 1 atom stereocenters. The van der Waals surface area contributed by atoms with Gasteiger partial charge in [0.2, 0.25) is 0 Å². The number of para-hydroxylation sites is 1. The molecule has 0 amide bonds. The van der Waals surface area contributed by atoms with Crippen molar-refractivity contribution in [3.05, 3.63) is 77.0 Å². The molecule has 0 spiro atoms. The van der Waals surface area contributed by atoms with Crippen LogP contribution in [0.5, 0.6) is 0 Å². The first-order valence-electron chi connectivity index (χ1n) is 11.5. The Bertz CT molecular complexity index is 1260. The molecule has 2 aromatic heterocycles. The van der Waals surface area contributed by atoms with Crippen LogP contribution in [0.4, 0.5) is 0 Å². The van der Waals surface area contributed by atoms with Crippen LogP contribution in [0, 0.1) is 19.8 Å². The SMILES string of the molecule is CC(=O)C(c1ccc(Cn2c3ccccc3c3c(C)cc(C)nc32)cc1)C1CCCC1. The van der Waals surface area contributed by atoms with E-state index < -0.39 is 0 Å². The summed E-state index contributed by atoms with van der Waals surface area (Å²) in [4.78, 5) is 17.3. The number of carbonyl (C=O) groups excluding carboxylic acids is 1. The topological polar surface area (TPSA) is 34.9 Å². The van der Waals surface area contributed by atoms with Crippen molar-refractivity contribution in [2.24, 2.45) is 5.92 Å². The predicted octanol–water partition coefficient (Wildman–Crippen LogP) is 6.72. The monoisotopic (exact) mass is 410 g/mol. The highest BCUT2D eigenvalue weighted by molar-refractivity contribution is 6.08. The van der Waals surface area contributed by atoms with E-state index in [1.165, 1.54) is 58.7 Å². The molecule has 3 heteroatoms. The Balaban J connectivity index is 1.53. The fourth-order valence-electron chi connectivity index (χ4n) is 5.68. The lowest BCUT2D eigenvalue weighted by molar-refractivity contribution is -0.119. The molecule has 1 aliphatic rings. The highest BCUT2D eigenvalue weighted by atomic mass is 16.1. The molecule has 2 heterocycles. The Kier molecular flexibility index (Phi) is 5.13. The van der Waals surface area contributed by atoms with Crippen LogP contribution in [0.25, 0.3) is 21.9 Å². The van der Waals surface area contributed by atoms with E-state index in [1.807, 2.05) is 0 Å². The van der Waals surface area contributed by atoms with Crippen LogP contribution < -0.4 is 0 Å². The Labute approximate surface area is 184 Å². The van der Waals surface area contributed by atoms with Gasteiger partial charge in [0.1, 0.15) is 11.4 Å². The molecule has 158 valence electrons. The highest BCUT2D eigenvalue weighted by Crippen LogP contribution is 2.38. The van der Waals surface area contributed by atoms with Gasteiger partial charge in [-0.1, -0.05) is 55.3 Å². The van der Waals surface area contributed by atoms with Crippen molar-refractivity contribution in [3.8, 4) is 0 Å². The minimum absolute atomic E-state index is 0.0526. The lowest BCUT2D eigenvalue weighted by Gasteiger charge is -2.21. The predicted molar refractivity (Wildman–Crippen MR) is 128 cm³/mol. The van der Waals surface area contributed by atoms with Gasteiger partial charge in [-0.05, 0) is 68.4 Å². The van der Waals surface area contributed by atoms with Crippen molar-refractivity contribution in [2.75, 3.05) is 0 Å². The van der Waals surface area contributed by atoms with E-state index in [2.05, 4.69) is 73.0 Å². The van der Waals surface area contributed by atoms with E-state index in [1.54, 1.807) is 6.92 Å². The Morgan fingerprint density at radius 2 is 1.77 bits per heavy atom. The second-order valence-corrected chi connectivity index (χ2v) is 9.26. The summed E-state index contributed by atoms with van der Waals surface area (Å²) in [7, 11) is 0. The van der Waals surface area contributed by atoms with Gasteiger partial charge in [0.05, 0.1) is 5.52 Å². The summed E-state index contributed by atoms with van der Waals surface area (Å²) in [5.74, 6) is 0.866. The molecule has 31 heavy (non-hydrogen) atoms. The molecule has 1 aliphatic carbocycles. The summed E-state index contributed by atoms with van der Waals surface area (Å²) in [5, 5.41) is 2.51. The number of fused-ring (bicyclic) bond motifs is 3. The molecule has 5 rings (SSSR count). The van der Waals surface area contributed by atoms with E-state index >= 15 is 0 Å². The second-order valence-electron chi connectivity index (χ2n) is 9.26. The number of pyridine rings is 1. The van der Waals surface area contributed by atoms with Gasteiger partial charge < -0.3 is 4.57 Å². The Morgan fingerprint density at radius 3 is 2.48 bits per heavy atom. The van der Waals surface area contributed by atoms with E-state index in [-0.39, 0.29) is 5.92 Å². The van der Waals surface area contributed by atoms with Gasteiger partial charge in [-0.3, -0.25) is 4.79 Å². The molecule has 4 aromatic rings. The van der Waals surface area contributed by atoms with Crippen LogP contribution in [-0.4, -0.2) is 15.3 Å². The summed E-state index contributed by atoms with van der Waals surface area (Å²) in [6.07, 6.45) is 4.87. The molecule has 0 N–H and O–H groups in total. The number of Topliss-reactive ketones (excluding diaryl/α,β-unsaturated/α-hetero) is 1. The van der Waals surface area contributed by atoms with Crippen molar-refractivity contribution >= 4 is 27.7 Å². The van der Waals surface area contributed by atoms with Crippen LogP contribution in [0.3, 0.4) is 0 Å². The molecule has 3 nitrogen and oxygen atoms in total. The number of hydrogen-bond acceptors (Lipinski definition) is 2. The molecule has 1 saturated carbocycles. The Hall–Kier alpha value is -2.94. The van der Waals surface area contributed by atoms with Crippen LogP contribution in [0.15, 0.2) is 54.6 Å². The van der Waals surface area contributed by atoms with E-state index in [9.17, 15) is 4.79 Å². The van der Waals surface area contributed by atoms with Crippen molar-refractivity contribution in [1.82, 2.24) is 9.55 Å². The van der Waals surface area contributed by atoms with Gasteiger partial charge in [-0.2, -0.15) is 0 Å². The quantitative estimate of drug-likeness (QED) is 0.366. The second kappa shape index (κ2) is 7.96. The number of ketones is 1. The number of aromatic nitrogens is 2. The molecule has 1 fully saturated rings. The molecule has 2 aromatic carbocycles. The standard InChI is InChI=1S/C28H30N2O/c1-18-16-19(2)29-28-26(18)24-10-6-7-11-25(24)30(28)17-21-12-14-23(15-13-21)27(20(3)31)22-8-4-5-9-22/h6-7,10-16,22,27H,4-5,8-9,17H2,1-3H3. The molecule has 0 aliphatic heterocycles. The molecular weight excluding hydrogens is 380 g/mol. The average molecular weight is 411 g/mol. The first-order valence-corrected chi connectivity index (χ1v) is 11.5. The summed E-state index contributed by atoms with van der Waals surface area (Å²) in [6, 6.07) is 19.5. The van der Waals surface area contributed by atoms with Crippen molar-refractivity contribution in [2.45, 2.75) is 58.9 Å². The minimum Gasteiger partial charge on any atom is -0.321 e. The van der Waals surface area contributed by atoms with E-state index in [0.717, 1.165) is 17.9 Å². The minimum atomic E-state index is 0.0526. The average Bonchev–Trinajstić information content (AvgIpc) is 3.36. The van der Waals surface area contributed by atoms with Crippen LogP contribution in [0.2, 0.25) is 0 Å². The first kappa shape index (κ1) is 20.0. The van der Waals surface area contributed by atoms with Gasteiger partial charge in [0, 0.05) is 28.9 Å². The largest absolute Gasteiger partial charge is 0.321 e. The third kappa shape index (κ3) is 3.56. The van der Waals surface area contributed by atoms with Gasteiger partial charge >= 0.3 is 0 Å². The zero-order valence-electron chi connectivity index (χ0n) is 18.7. The highest BCUT2D eigenvalue weighted by Gasteiger charge is 2.29. The maximum absolute atomic E-state index is 12.4. The fourth-order valence-corrected chi connectivity index (χ4v) is 5.68. The fraction of sp³-hybridized carbons (Fsp3) is 0.357. The maximum atomic E-state index is 12.4. The normalized spacial score (nSPS) is 15.7. The molecular formula is C28H30N2O. The smallest absolute Gasteiger partial charge is 0.141 e. The molecule has 0 radical (unpaired) electrons. The number of nitrogens with zero attached hydrogens (tertiary/aromatic N) is 2. The zero-order chi connectivity index (χ0) is 21.5. The summed E-state index contributed by atoms with van der Waals surface area (Å²) in [6.45, 7) is 6.77. The van der Waals surface area contributed by atoms with Crippen molar-refractivity contribution in [1.29, 1.82) is 0 Å². The number of aryl methyl sites for hydroxylation is 2. The lowest BCUT2D eigenvalue weighted by Crippen LogP contribution is -2.17. The van der Waals surface area contributed by atoms with E-state index in [4.69, 9.17) is 4.98 Å². The summed E-state index contributed by atoms with van der Waals surface area (Å²) >= 11 is 0. The zero-order valence-corrected chi connectivity index (χ0v) is 18.7. The molecule has 0 bridgehead atoms. The van der Waals surface area contributed by atoms with Gasteiger partial charge in [0.15, 0.2) is 0 Å². The third-order valence-corrected chi connectivity index (χ3v) is 7.03. The number of rotatable bonds is 5. The van der Waals surface area contributed by atoms with Crippen LogP contribution in [0.1, 0.15) is 60.9 Å². The van der Waals surface area contributed by atoms with Crippen LogP contribution in [-0.2, 0) is 11.3 Å². The Morgan fingerprint density at radius 1 is 1.06 bits per heavy atom. The van der Waals surface area contributed by atoms with Gasteiger partial charge in [0.25, 0.3) is 0 Å². The molecule has 1 unspecified atom stereocenters. The van der Waals surface area contributed by atoms with Gasteiger partial charge in [-0.15, -0.1) is 0 Å². The maximum Gasteiger partial charge on any atom is 0.141 e. The summed E-state index contributed by atoms with van der Waals surface area (Å²) < 4.78 is 2.33. The first-order chi connectivity index (χ1) is 15.0. The lowest BCUT2D eigenvalue weighted by atomic mass is 9.82.